The highest BCUT2D eigenvalue weighted by Gasteiger charge is 2.35. The molecule has 96 valence electrons. The van der Waals surface area contributed by atoms with Gasteiger partial charge in [-0.05, 0) is 23.6 Å². The molecule has 0 saturated carbocycles. The van der Waals surface area contributed by atoms with Gasteiger partial charge in [-0.25, -0.2) is 0 Å². The summed E-state index contributed by atoms with van der Waals surface area (Å²) in [5.74, 6) is 5.29. The SMILES string of the molecule is CC(C)C(NN)c1ccc(Br)cc1C(F)(F)F. The standard InChI is InChI=1S/C11H14BrF3N2/c1-6(2)10(17-16)8-4-3-7(12)5-9(8)11(13,14)15/h3-6,10,17H,16H2,1-2H3. The molecular formula is C11H14BrF3N2. The van der Waals surface area contributed by atoms with Crippen LogP contribution in [0.4, 0.5) is 13.2 Å². The molecule has 0 aliphatic heterocycles. The zero-order valence-electron chi connectivity index (χ0n) is 9.48. The average molecular weight is 311 g/mol. The minimum atomic E-state index is -4.39. The molecule has 17 heavy (non-hydrogen) atoms. The Morgan fingerprint density at radius 2 is 1.88 bits per heavy atom. The van der Waals surface area contributed by atoms with E-state index < -0.39 is 17.8 Å². The molecule has 0 aliphatic carbocycles. The van der Waals surface area contributed by atoms with E-state index in [0.29, 0.717) is 4.47 Å². The van der Waals surface area contributed by atoms with Gasteiger partial charge in [-0.2, -0.15) is 13.2 Å². The van der Waals surface area contributed by atoms with Crippen molar-refractivity contribution in [3.63, 3.8) is 0 Å². The Bertz CT molecular complexity index is 391. The van der Waals surface area contributed by atoms with Gasteiger partial charge in [-0.3, -0.25) is 11.3 Å². The number of alkyl halides is 3. The summed E-state index contributed by atoms with van der Waals surface area (Å²) in [5, 5.41) is 0. The molecule has 0 spiro atoms. The Hall–Kier alpha value is -0.590. The van der Waals surface area contributed by atoms with Crippen molar-refractivity contribution in [2.45, 2.75) is 26.1 Å². The Morgan fingerprint density at radius 1 is 1.29 bits per heavy atom. The molecule has 3 N–H and O–H groups in total. The summed E-state index contributed by atoms with van der Waals surface area (Å²) in [4.78, 5) is 0. The minimum Gasteiger partial charge on any atom is -0.271 e. The smallest absolute Gasteiger partial charge is 0.271 e. The zero-order valence-corrected chi connectivity index (χ0v) is 11.1. The van der Waals surface area contributed by atoms with E-state index in [-0.39, 0.29) is 11.5 Å². The number of benzene rings is 1. The maximum absolute atomic E-state index is 12.9. The summed E-state index contributed by atoms with van der Waals surface area (Å²) in [6.07, 6.45) is -4.39. The van der Waals surface area contributed by atoms with E-state index in [4.69, 9.17) is 5.84 Å². The number of nitrogens with one attached hydrogen (secondary N) is 1. The predicted octanol–water partition coefficient (Wildman–Crippen LogP) is 3.63. The van der Waals surface area contributed by atoms with Crippen molar-refractivity contribution in [3.05, 3.63) is 33.8 Å². The third kappa shape index (κ3) is 3.43. The molecule has 1 aromatic rings. The lowest BCUT2D eigenvalue weighted by molar-refractivity contribution is -0.138. The van der Waals surface area contributed by atoms with E-state index in [0.717, 1.165) is 6.07 Å². The third-order valence-electron chi connectivity index (χ3n) is 2.50. The molecule has 0 saturated heterocycles. The lowest BCUT2D eigenvalue weighted by atomic mass is 9.92. The van der Waals surface area contributed by atoms with Gasteiger partial charge in [-0.1, -0.05) is 35.8 Å². The minimum absolute atomic E-state index is 0.0396. The van der Waals surface area contributed by atoms with E-state index >= 15 is 0 Å². The lowest BCUT2D eigenvalue weighted by Gasteiger charge is -2.24. The predicted molar refractivity (Wildman–Crippen MR) is 64.0 cm³/mol. The van der Waals surface area contributed by atoms with Crippen molar-refractivity contribution in [2.75, 3.05) is 0 Å². The van der Waals surface area contributed by atoms with E-state index in [1.807, 2.05) is 13.8 Å². The van der Waals surface area contributed by atoms with Crippen molar-refractivity contribution < 1.29 is 13.2 Å². The van der Waals surface area contributed by atoms with Gasteiger partial charge in [0.2, 0.25) is 0 Å². The molecule has 0 aromatic heterocycles. The topological polar surface area (TPSA) is 38.0 Å². The summed E-state index contributed by atoms with van der Waals surface area (Å²) >= 11 is 3.05. The number of halogens is 4. The van der Waals surface area contributed by atoms with Gasteiger partial charge >= 0.3 is 6.18 Å². The average Bonchev–Trinajstić information content (AvgIpc) is 2.19. The van der Waals surface area contributed by atoms with Crippen LogP contribution >= 0.6 is 15.9 Å². The second kappa shape index (κ2) is 5.37. The first kappa shape index (κ1) is 14.5. The molecule has 2 nitrogen and oxygen atoms in total. The first-order valence-electron chi connectivity index (χ1n) is 5.10. The monoisotopic (exact) mass is 310 g/mol. The first-order valence-corrected chi connectivity index (χ1v) is 5.89. The maximum atomic E-state index is 12.9. The molecule has 0 radical (unpaired) electrons. The molecule has 6 heteroatoms. The third-order valence-corrected chi connectivity index (χ3v) is 3.00. The summed E-state index contributed by atoms with van der Waals surface area (Å²) in [7, 11) is 0. The Balaban J connectivity index is 3.32. The number of hydrogen-bond acceptors (Lipinski definition) is 2. The molecule has 0 fully saturated rings. The van der Waals surface area contributed by atoms with E-state index in [1.54, 1.807) is 6.07 Å². The number of nitrogens with two attached hydrogens (primary N) is 1. The molecule has 1 atom stereocenters. The molecule has 1 unspecified atom stereocenters. The van der Waals surface area contributed by atoms with Crippen LogP contribution in [0.2, 0.25) is 0 Å². The van der Waals surface area contributed by atoms with Crippen molar-refractivity contribution in [2.24, 2.45) is 11.8 Å². The Labute approximate surface area is 106 Å². The van der Waals surface area contributed by atoms with Crippen molar-refractivity contribution in [1.29, 1.82) is 0 Å². The van der Waals surface area contributed by atoms with E-state index in [2.05, 4.69) is 21.4 Å². The maximum Gasteiger partial charge on any atom is 0.416 e. The zero-order chi connectivity index (χ0) is 13.2. The molecule has 0 amide bonds. The van der Waals surface area contributed by atoms with Crippen LogP contribution in [0.15, 0.2) is 22.7 Å². The van der Waals surface area contributed by atoms with Gasteiger partial charge in [0.1, 0.15) is 0 Å². The highest BCUT2D eigenvalue weighted by Crippen LogP contribution is 2.37. The van der Waals surface area contributed by atoms with Gasteiger partial charge in [0.15, 0.2) is 0 Å². The van der Waals surface area contributed by atoms with Crippen LogP contribution in [0, 0.1) is 5.92 Å². The van der Waals surface area contributed by atoms with Crippen LogP contribution in [-0.2, 0) is 6.18 Å². The highest BCUT2D eigenvalue weighted by molar-refractivity contribution is 9.10. The number of hydrazine groups is 1. The van der Waals surface area contributed by atoms with Crippen molar-refractivity contribution in [1.82, 2.24) is 5.43 Å². The lowest BCUT2D eigenvalue weighted by Crippen LogP contribution is -2.33. The molecule has 0 aliphatic rings. The molecule has 0 heterocycles. The van der Waals surface area contributed by atoms with Gasteiger partial charge in [0.25, 0.3) is 0 Å². The molecule has 0 bridgehead atoms. The van der Waals surface area contributed by atoms with Gasteiger partial charge < -0.3 is 0 Å². The second-order valence-corrected chi connectivity index (χ2v) is 5.03. The summed E-state index contributed by atoms with van der Waals surface area (Å²) < 4.78 is 39.1. The fraction of sp³-hybridized carbons (Fsp3) is 0.455. The Kier molecular flexibility index (Phi) is 4.57. The number of hydrogen-bond donors (Lipinski definition) is 2. The molecule has 1 rings (SSSR count). The normalized spacial score (nSPS) is 14.1. The number of rotatable bonds is 3. The van der Waals surface area contributed by atoms with E-state index in [1.165, 1.54) is 6.07 Å². The first-order chi connectivity index (χ1) is 7.77. The van der Waals surface area contributed by atoms with Crippen LogP contribution in [0.1, 0.15) is 31.0 Å². The molecule has 1 aromatic carbocycles. The van der Waals surface area contributed by atoms with Gasteiger partial charge in [0, 0.05) is 10.5 Å². The summed E-state index contributed by atoms with van der Waals surface area (Å²) in [6.45, 7) is 3.62. The second-order valence-electron chi connectivity index (χ2n) is 4.12. The van der Waals surface area contributed by atoms with Gasteiger partial charge in [-0.15, -0.1) is 0 Å². The molecular weight excluding hydrogens is 297 g/mol. The van der Waals surface area contributed by atoms with Crippen LogP contribution < -0.4 is 11.3 Å². The summed E-state index contributed by atoms with van der Waals surface area (Å²) in [6, 6.07) is 3.57. The van der Waals surface area contributed by atoms with Crippen molar-refractivity contribution in [3.8, 4) is 0 Å². The fourth-order valence-electron chi connectivity index (χ4n) is 1.69. The van der Waals surface area contributed by atoms with Gasteiger partial charge in [0.05, 0.1) is 5.56 Å². The largest absolute Gasteiger partial charge is 0.416 e. The quantitative estimate of drug-likeness (QED) is 0.661. The van der Waals surface area contributed by atoms with Crippen molar-refractivity contribution >= 4 is 15.9 Å². The van der Waals surface area contributed by atoms with Crippen LogP contribution in [-0.4, -0.2) is 0 Å². The highest BCUT2D eigenvalue weighted by atomic mass is 79.9. The van der Waals surface area contributed by atoms with Crippen LogP contribution in [0.3, 0.4) is 0 Å². The summed E-state index contributed by atoms with van der Waals surface area (Å²) in [5.41, 5.74) is 1.94. The van der Waals surface area contributed by atoms with Crippen LogP contribution in [0.25, 0.3) is 0 Å². The van der Waals surface area contributed by atoms with E-state index in [9.17, 15) is 13.2 Å². The Morgan fingerprint density at radius 3 is 2.29 bits per heavy atom. The van der Waals surface area contributed by atoms with Crippen LogP contribution in [0.5, 0.6) is 0 Å². The fourth-order valence-corrected chi connectivity index (χ4v) is 2.05.